The Balaban J connectivity index is 0.00000243. The Morgan fingerprint density at radius 2 is 2.23 bits per heavy atom. The van der Waals surface area contributed by atoms with Crippen molar-refractivity contribution in [2.45, 2.75) is 50.3 Å². The average Bonchev–Trinajstić information content (AvgIpc) is 3.25. The van der Waals surface area contributed by atoms with Crippen LogP contribution in [0.4, 0.5) is 0 Å². The maximum atomic E-state index is 4.36. The lowest BCUT2D eigenvalue weighted by Gasteiger charge is -2.17. The fraction of sp³-hybridized carbons (Fsp3) is 0.611. The van der Waals surface area contributed by atoms with Crippen LogP contribution in [0.15, 0.2) is 29.4 Å². The molecule has 0 saturated heterocycles. The molecule has 2 aromatic heterocycles. The van der Waals surface area contributed by atoms with Crippen LogP contribution in [0, 0.1) is 0 Å². The minimum absolute atomic E-state index is 0. The number of fused-ring (bicyclic) bond motifs is 1. The second-order valence-corrected chi connectivity index (χ2v) is 7.96. The van der Waals surface area contributed by atoms with Gasteiger partial charge in [0.15, 0.2) is 11.6 Å². The van der Waals surface area contributed by atoms with E-state index in [1.54, 1.807) is 0 Å². The lowest BCUT2D eigenvalue weighted by molar-refractivity contribution is 0.610. The lowest BCUT2D eigenvalue weighted by Crippen LogP contribution is -2.43. The molecule has 0 aromatic carbocycles. The highest BCUT2D eigenvalue weighted by molar-refractivity contribution is 14.0. The maximum Gasteiger partial charge on any atom is 0.191 e. The number of hydrogen-bond donors (Lipinski definition) is 2. The third kappa shape index (κ3) is 5.73. The zero-order valence-electron chi connectivity index (χ0n) is 15.5. The number of halogens is 1. The van der Waals surface area contributed by atoms with Gasteiger partial charge in [-0.1, -0.05) is 13.0 Å². The molecule has 2 atom stereocenters. The molecule has 26 heavy (non-hydrogen) atoms. The van der Waals surface area contributed by atoms with Crippen molar-refractivity contribution in [3.05, 3.63) is 30.2 Å². The Bertz CT molecular complexity index is 704. The van der Waals surface area contributed by atoms with Crippen molar-refractivity contribution in [3.8, 4) is 0 Å². The van der Waals surface area contributed by atoms with Crippen LogP contribution in [0.5, 0.6) is 0 Å². The number of aliphatic imine (C=N–C) groups is 1. The highest BCUT2D eigenvalue weighted by atomic mass is 127. The first kappa shape index (κ1) is 21.3. The van der Waals surface area contributed by atoms with E-state index in [1.165, 1.54) is 25.0 Å². The number of guanidine groups is 1. The molecule has 1 fully saturated rings. The highest BCUT2D eigenvalue weighted by Crippen LogP contribution is 2.29. The second kappa shape index (κ2) is 11.0. The lowest BCUT2D eigenvalue weighted by atomic mass is 10.2. The molecule has 6 nitrogen and oxygen atoms in total. The molecular formula is C18H29IN6S. The molecule has 1 aliphatic carbocycles. The van der Waals surface area contributed by atoms with Gasteiger partial charge in [-0.2, -0.15) is 11.8 Å². The predicted molar refractivity (Wildman–Crippen MR) is 121 cm³/mol. The summed E-state index contributed by atoms with van der Waals surface area (Å²) in [7, 11) is 1.84. The number of aromatic nitrogens is 3. The molecule has 2 aromatic rings. The third-order valence-electron chi connectivity index (χ3n) is 4.61. The van der Waals surface area contributed by atoms with Crippen molar-refractivity contribution in [1.82, 2.24) is 25.2 Å². The standard InChI is InChI=1S/C18H28N6S.HI/c1-3-25-15-10-9-14(13-15)21-18(19-2)20-11-6-8-17-23-22-16-7-4-5-12-24(16)17;/h4-5,7,12,14-15H,3,6,8-11,13H2,1-2H3,(H2,19,20,21);1H. The van der Waals surface area contributed by atoms with Crippen LogP contribution in [0.1, 0.15) is 38.4 Å². The van der Waals surface area contributed by atoms with Gasteiger partial charge >= 0.3 is 0 Å². The molecule has 0 radical (unpaired) electrons. The van der Waals surface area contributed by atoms with Crippen LogP contribution in [-0.2, 0) is 6.42 Å². The van der Waals surface area contributed by atoms with Gasteiger partial charge in [-0.05, 0) is 43.6 Å². The van der Waals surface area contributed by atoms with Gasteiger partial charge in [0, 0.05) is 37.5 Å². The molecule has 144 valence electrons. The summed E-state index contributed by atoms with van der Waals surface area (Å²) >= 11 is 2.08. The van der Waals surface area contributed by atoms with Crippen molar-refractivity contribution < 1.29 is 0 Å². The van der Waals surface area contributed by atoms with E-state index in [4.69, 9.17) is 0 Å². The Hall–Kier alpha value is -1.03. The fourth-order valence-corrected chi connectivity index (χ4v) is 4.50. The summed E-state index contributed by atoms with van der Waals surface area (Å²) in [5, 5.41) is 16.3. The molecule has 2 heterocycles. The zero-order valence-corrected chi connectivity index (χ0v) is 18.7. The van der Waals surface area contributed by atoms with Crippen LogP contribution in [0.25, 0.3) is 5.65 Å². The molecule has 1 aliphatic rings. The topological polar surface area (TPSA) is 66.6 Å². The Labute approximate surface area is 177 Å². The Kier molecular flexibility index (Phi) is 8.97. The fourth-order valence-electron chi connectivity index (χ4n) is 3.36. The molecule has 2 N–H and O–H groups in total. The molecule has 8 heteroatoms. The van der Waals surface area contributed by atoms with E-state index in [-0.39, 0.29) is 24.0 Å². The van der Waals surface area contributed by atoms with Crippen LogP contribution >= 0.6 is 35.7 Å². The minimum atomic E-state index is 0. The summed E-state index contributed by atoms with van der Waals surface area (Å²) in [6, 6.07) is 6.52. The minimum Gasteiger partial charge on any atom is -0.356 e. The van der Waals surface area contributed by atoms with Gasteiger partial charge in [-0.25, -0.2) is 0 Å². The first-order valence-electron chi connectivity index (χ1n) is 9.17. The van der Waals surface area contributed by atoms with E-state index in [0.29, 0.717) is 6.04 Å². The average molecular weight is 488 g/mol. The van der Waals surface area contributed by atoms with E-state index >= 15 is 0 Å². The number of aryl methyl sites for hydroxylation is 1. The first-order valence-corrected chi connectivity index (χ1v) is 10.2. The van der Waals surface area contributed by atoms with Gasteiger partial charge in [-0.15, -0.1) is 34.2 Å². The van der Waals surface area contributed by atoms with Crippen LogP contribution in [-0.4, -0.2) is 51.2 Å². The smallest absolute Gasteiger partial charge is 0.191 e. The summed E-state index contributed by atoms with van der Waals surface area (Å²) < 4.78 is 2.05. The van der Waals surface area contributed by atoms with E-state index in [1.807, 2.05) is 31.4 Å². The number of pyridine rings is 1. The largest absolute Gasteiger partial charge is 0.356 e. The van der Waals surface area contributed by atoms with Crippen LogP contribution < -0.4 is 10.6 Å². The van der Waals surface area contributed by atoms with Crippen molar-refractivity contribution >= 4 is 47.3 Å². The number of hydrogen-bond acceptors (Lipinski definition) is 4. The molecule has 0 bridgehead atoms. The van der Waals surface area contributed by atoms with Gasteiger partial charge in [0.05, 0.1) is 0 Å². The molecule has 0 spiro atoms. The summed E-state index contributed by atoms with van der Waals surface area (Å²) in [6.07, 6.45) is 7.70. The zero-order chi connectivity index (χ0) is 17.5. The number of nitrogens with zero attached hydrogens (tertiary/aromatic N) is 4. The van der Waals surface area contributed by atoms with E-state index < -0.39 is 0 Å². The van der Waals surface area contributed by atoms with Gasteiger partial charge in [-0.3, -0.25) is 9.39 Å². The SMILES string of the molecule is CCSC1CCC(NC(=NC)NCCCc2nnc3ccccn23)C1.I. The summed E-state index contributed by atoms with van der Waals surface area (Å²) in [5.41, 5.74) is 0.906. The van der Waals surface area contributed by atoms with Crippen molar-refractivity contribution in [2.24, 2.45) is 4.99 Å². The molecule has 0 amide bonds. The summed E-state index contributed by atoms with van der Waals surface area (Å²) in [5.74, 6) is 3.13. The maximum absolute atomic E-state index is 4.36. The molecule has 0 aliphatic heterocycles. The quantitative estimate of drug-likeness (QED) is 0.272. The number of nitrogens with one attached hydrogen (secondary N) is 2. The molecular weight excluding hydrogens is 459 g/mol. The summed E-state index contributed by atoms with van der Waals surface area (Å²) in [4.78, 5) is 4.36. The monoisotopic (exact) mass is 488 g/mol. The summed E-state index contributed by atoms with van der Waals surface area (Å²) in [6.45, 7) is 3.12. The second-order valence-electron chi connectivity index (χ2n) is 6.38. The third-order valence-corrected chi connectivity index (χ3v) is 5.84. The highest BCUT2D eigenvalue weighted by Gasteiger charge is 2.24. The van der Waals surface area contributed by atoms with Crippen LogP contribution in [0.3, 0.4) is 0 Å². The first-order chi connectivity index (χ1) is 12.3. The van der Waals surface area contributed by atoms with Gasteiger partial charge in [0.2, 0.25) is 0 Å². The van der Waals surface area contributed by atoms with Crippen molar-refractivity contribution in [2.75, 3.05) is 19.3 Å². The van der Waals surface area contributed by atoms with E-state index in [2.05, 4.69) is 48.9 Å². The van der Waals surface area contributed by atoms with Crippen LogP contribution in [0.2, 0.25) is 0 Å². The van der Waals surface area contributed by atoms with E-state index in [9.17, 15) is 0 Å². The van der Waals surface area contributed by atoms with Gasteiger partial charge in [0.25, 0.3) is 0 Å². The molecule has 2 unspecified atom stereocenters. The van der Waals surface area contributed by atoms with Crippen molar-refractivity contribution in [3.63, 3.8) is 0 Å². The molecule has 3 rings (SSSR count). The normalized spacial score (nSPS) is 20.2. The van der Waals surface area contributed by atoms with Crippen molar-refractivity contribution in [1.29, 1.82) is 0 Å². The predicted octanol–water partition coefficient (Wildman–Crippen LogP) is 3.12. The Morgan fingerprint density at radius 1 is 1.35 bits per heavy atom. The van der Waals surface area contributed by atoms with E-state index in [0.717, 1.165) is 42.1 Å². The Morgan fingerprint density at radius 3 is 3.04 bits per heavy atom. The number of thioether (sulfide) groups is 1. The van der Waals surface area contributed by atoms with Gasteiger partial charge in [0.1, 0.15) is 5.82 Å². The molecule has 1 saturated carbocycles. The number of rotatable bonds is 7. The van der Waals surface area contributed by atoms with Gasteiger partial charge < -0.3 is 10.6 Å².